The number of nitrogens with zero attached hydrogens (tertiary/aromatic N) is 1. The number of benzene rings is 1. The summed E-state index contributed by atoms with van der Waals surface area (Å²) in [5, 5.41) is 6.43. The molecule has 1 aliphatic rings. The molecule has 0 aliphatic carbocycles. The summed E-state index contributed by atoms with van der Waals surface area (Å²) in [5.74, 6) is 0.245. The Morgan fingerprint density at radius 2 is 2.10 bits per heavy atom. The molecule has 1 aromatic carbocycles. The van der Waals surface area contributed by atoms with Gasteiger partial charge in [-0.15, -0.1) is 0 Å². The lowest BCUT2D eigenvalue weighted by atomic mass is 9.98. The average Bonchev–Trinajstić information content (AvgIpc) is 2.54. The van der Waals surface area contributed by atoms with Crippen molar-refractivity contribution >= 4 is 11.6 Å². The Bertz CT molecular complexity index is 451. The third-order valence-electron chi connectivity index (χ3n) is 4.23. The van der Waals surface area contributed by atoms with E-state index >= 15 is 0 Å². The highest BCUT2D eigenvalue weighted by atomic mass is 16.1. The number of para-hydroxylation sites is 1. The third kappa shape index (κ3) is 4.55. The van der Waals surface area contributed by atoms with Crippen molar-refractivity contribution in [2.45, 2.75) is 33.2 Å². The first-order valence-corrected chi connectivity index (χ1v) is 8.06. The quantitative estimate of drug-likeness (QED) is 0.845. The minimum atomic E-state index is 0.0975. The van der Waals surface area contributed by atoms with Crippen molar-refractivity contribution in [3.63, 3.8) is 0 Å². The second kappa shape index (κ2) is 8.15. The van der Waals surface area contributed by atoms with E-state index in [1.165, 1.54) is 5.56 Å². The molecule has 1 fully saturated rings. The van der Waals surface area contributed by atoms with E-state index < -0.39 is 0 Å². The number of piperidine rings is 1. The van der Waals surface area contributed by atoms with Crippen molar-refractivity contribution in [1.29, 1.82) is 0 Å². The van der Waals surface area contributed by atoms with Gasteiger partial charge in [-0.25, -0.2) is 0 Å². The molecule has 1 aromatic rings. The topological polar surface area (TPSA) is 44.4 Å². The number of amides is 1. The molecule has 1 atom stereocenters. The van der Waals surface area contributed by atoms with E-state index in [1.807, 2.05) is 18.2 Å². The molecule has 0 bridgehead atoms. The predicted octanol–water partition coefficient (Wildman–Crippen LogP) is 2.47. The molecule has 1 heterocycles. The third-order valence-corrected chi connectivity index (χ3v) is 4.23. The molecule has 4 nitrogen and oxygen atoms in total. The molecule has 2 N–H and O–H groups in total. The van der Waals surface area contributed by atoms with Gasteiger partial charge in [0, 0.05) is 18.8 Å². The highest BCUT2D eigenvalue weighted by Crippen LogP contribution is 2.19. The molecule has 0 aromatic heterocycles. The summed E-state index contributed by atoms with van der Waals surface area (Å²) in [5.41, 5.74) is 2.15. The molecule has 0 saturated carbocycles. The fraction of sp³-hybridized carbons (Fsp3) is 0.588. The van der Waals surface area contributed by atoms with E-state index in [2.05, 4.69) is 35.4 Å². The molecule has 116 valence electrons. The fourth-order valence-corrected chi connectivity index (χ4v) is 2.78. The van der Waals surface area contributed by atoms with Crippen LogP contribution in [0.1, 0.15) is 32.3 Å². The zero-order chi connectivity index (χ0) is 15.1. The van der Waals surface area contributed by atoms with Gasteiger partial charge < -0.3 is 10.6 Å². The van der Waals surface area contributed by atoms with Crippen LogP contribution in [0.15, 0.2) is 24.3 Å². The molecule has 0 unspecified atom stereocenters. The normalized spacial score (nSPS) is 18.7. The molecule has 21 heavy (non-hydrogen) atoms. The van der Waals surface area contributed by atoms with Crippen LogP contribution >= 0.6 is 0 Å². The molecule has 1 aliphatic heterocycles. The molecule has 1 amide bonds. The highest BCUT2D eigenvalue weighted by Gasteiger charge is 2.21. The average molecular weight is 289 g/mol. The zero-order valence-electron chi connectivity index (χ0n) is 13.2. The van der Waals surface area contributed by atoms with Crippen LogP contribution in [0, 0.1) is 5.92 Å². The summed E-state index contributed by atoms with van der Waals surface area (Å²) in [6, 6.07) is 8.14. The molecular formula is C17H27N3O. The SMILES string of the molecule is CCN(CC)Cc1ccccc1NC(=O)[C@@H]1CCCNC1. The summed E-state index contributed by atoms with van der Waals surface area (Å²) >= 11 is 0. The highest BCUT2D eigenvalue weighted by molar-refractivity contribution is 5.93. The second-order valence-corrected chi connectivity index (χ2v) is 5.65. The first-order chi connectivity index (χ1) is 10.2. The monoisotopic (exact) mass is 289 g/mol. The summed E-state index contributed by atoms with van der Waals surface area (Å²) in [6.45, 7) is 9.08. The second-order valence-electron chi connectivity index (χ2n) is 5.65. The van der Waals surface area contributed by atoms with E-state index in [0.717, 1.165) is 51.3 Å². The van der Waals surface area contributed by atoms with Gasteiger partial charge in [0.05, 0.1) is 5.92 Å². The maximum Gasteiger partial charge on any atom is 0.228 e. The van der Waals surface area contributed by atoms with Gasteiger partial charge in [-0.2, -0.15) is 0 Å². The Balaban J connectivity index is 2.03. The van der Waals surface area contributed by atoms with Gasteiger partial charge in [0.2, 0.25) is 5.91 Å². The summed E-state index contributed by atoms with van der Waals surface area (Å²) in [4.78, 5) is 14.7. The van der Waals surface area contributed by atoms with Crippen molar-refractivity contribution in [1.82, 2.24) is 10.2 Å². The van der Waals surface area contributed by atoms with Gasteiger partial charge >= 0.3 is 0 Å². The van der Waals surface area contributed by atoms with E-state index in [1.54, 1.807) is 0 Å². The fourth-order valence-electron chi connectivity index (χ4n) is 2.78. The Hall–Kier alpha value is -1.39. The molecule has 0 spiro atoms. The molecule has 0 radical (unpaired) electrons. The van der Waals surface area contributed by atoms with Crippen LogP contribution in [-0.2, 0) is 11.3 Å². The molecular weight excluding hydrogens is 262 g/mol. The number of rotatable bonds is 6. The number of hydrogen-bond donors (Lipinski definition) is 2. The van der Waals surface area contributed by atoms with E-state index in [9.17, 15) is 4.79 Å². The molecule has 2 rings (SSSR count). The number of carbonyl (C=O) groups excluding carboxylic acids is 1. The van der Waals surface area contributed by atoms with E-state index in [0.29, 0.717) is 0 Å². The smallest absolute Gasteiger partial charge is 0.228 e. The van der Waals surface area contributed by atoms with Crippen molar-refractivity contribution in [3.8, 4) is 0 Å². The lowest BCUT2D eigenvalue weighted by Crippen LogP contribution is -2.37. The number of carbonyl (C=O) groups is 1. The maximum absolute atomic E-state index is 12.4. The Kier molecular flexibility index (Phi) is 6.21. The van der Waals surface area contributed by atoms with Crippen LogP contribution < -0.4 is 10.6 Å². The van der Waals surface area contributed by atoms with Gasteiger partial charge in [-0.3, -0.25) is 9.69 Å². The Morgan fingerprint density at radius 3 is 2.76 bits per heavy atom. The minimum absolute atomic E-state index is 0.0975. The molecule has 1 saturated heterocycles. The van der Waals surface area contributed by atoms with Crippen molar-refractivity contribution in [2.75, 3.05) is 31.5 Å². The first-order valence-electron chi connectivity index (χ1n) is 8.06. The summed E-state index contributed by atoms with van der Waals surface area (Å²) < 4.78 is 0. The Labute approximate surface area is 127 Å². The Morgan fingerprint density at radius 1 is 1.33 bits per heavy atom. The van der Waals surface area contributed by atoms with Gasteiger partial charge in [0.25, 0.3) is 0 Å². The summed E-state index contributed by atoms with van der Waals surface area (Å²) in [7, 11) is 0. The zero-order valence-corrected chi connectivity index (χ0v) is 13.2. The minimum Gasteiger partial charge on any atom is -0.326 e. The van der Waals surface area contributed by atoms with Crippen LogP contribution in [0.25, 0.3) is 0 Å². The van der Waals surface area contributed by atoms with Gasteiger partial charge in [0.1, 0.15) is 0 Å². The maximum atomic E-state index is 12.4. The van der Waals surface area contributed by atoms with Crippen molar-refractivity contribution in [2.24, 2.45) is 5.92 Å². The lowest BCUT2D eigenvalue weighted by Gasteiger charge is -2.24. The van der Waals surface area contributed by atoms with Gasteiger partial charge in [-0.1, -0.05) is 32.0 Å². The van der Waals surface area contributed by atoms with Crippen LogP contribution in [0.4, 0.5) is 5.69 Å². The standard InChI is InChI=1S/C17H27N3O/c1-3-20(4-2)13-15-8-5-6-10-16(15)19-17(21)14-9-7-11-18-12-14/h5-6,8,10,14,18H,3-4,7,9,11-13H2,1-2H3,(H,19,21)/t14-/m1/s1. The van der Waals surface area contributed by atoms with Gasteiger partial charge in [-0.05, 0) is 44.1 Å². The van der Waals surface area contributed by atoms with Crippen molar-refractivity contribution in [3.05, 3.63) is 29.8 Å². The number of hydrogen-bond acceptors (Lipinski definition) is 3. The molecule has 4 heteroatoms. The number of nitrogens with one attached hydrogen (secondary N) is 2. The van der Waals surface area contributed by atoms with E-state index in [4.69, 9.17) is 0 Å². The van der Waals surface area contributed by atoms with Gasteiger partial charge in [0.15, 0.2) is 0 Å². The van der Waals surface area contributed by atoms with Crippen molar-refractivity contribution < 1.29 is 4.79 Å². The largest absolute Gasteiger partial charge is 0.326 e. The predicted molar refractivity (Wildman–Crippen MR) is 87.3 cm³/mol. The van der Waals surface area contributed by atoms with Crippen LogP contribution in [0.5, 0.6) is 0 Å². The summed E-state index contributed by atoms with van der Waals surface area (Å²) in [6.07, 6.45) is 2.07. The number of anilines is 1. The van der Waals surface area contributed by atoms with Crippen LogP contribution in [-0.4, -0.2) is 37.0 Å². The lowest BCUT2D eigenvalue weighted by molar-refractivity contribution is -0.120. The van der Waals surface area contributed by atoms with E-state index in [-0.39, 0.29) is 11.8 Å². The van der Waals surface area contributed by atoms with Crippen LogP contribution in [0.3, 0.4) is 0 Å². The van der Waals surface area contributed by atoms with Crippen LogP contribution in [0.2, 0.25) is 0 Å². The first kappa shape index (κ1) is 16.0.